The minimum absolute atomic E-state index is 0.0690. The highest BCUT2D eigenvalue weighted by molar-refractivity contribution is 8.21. The molecule has 2 unspecified atom stereocenters. The third-order valence-corrected chi connectivity index (χ3v) is 14.8. The molecule has 2 heterocycles. The van der Waals surface area contributed by atoms with Gasteiger partial charge in [-0.1, -0.05) is 103 Å². The van der Waals surface area contributed by atoms with Gasteiger partial charge in [0.1, 0.15) is 0 Å². The first-order chi connectivity index (χ1) is 18.7. The van der Waals surface area contributed by atoms with Crippen molar-refractivity contribution in [1.82, 2.24) is 0 Å². The summed E-state index contributed by atoms with van der Waals surface area (Å²) in [6.45, 7) is 26.1. The van der Waals surface area contributed by atoms with Crippen LogP contribution in [0.4, 0.5) is 0 Å². The Hall–Kier alpha value is -2.20. The van der Waals surface area contributed by atoms with Gasteiger partial charge in [-0.3, -0.25) is 0 Å². The molecular formula is C37H44S2Si. The van der Waals surface area contributed by atoms with E-state index in [0.29, 0.717) is 5.25 Å². The average molecular weight is 581 g/mol. The van der Waals surface area contributed by atoms with E-state index >= 15 is 0 Å². The molecule has 3 heteroatoms. The maximum absolute atomic E-state index is 2.55. The van der Waals surface area contributed by atoms with Crippen molar-refractivity contribution >= 4 is 52.3 Å². The Morgan fingerprint density at radius 1 is 0.825 bits per heavy atom. The van der Waals surface area contributed by atoms with Crippen molar-refractivity contribution in [3.63, 3.8) is 0 Å². The Balaban J connectivity index is 1.57. The summed E-state index contributed by atoms with van der Waals surface area (Å²) in [5.41, 5.74) is 11.8. The van der Waals surface area contributed by atoms with Gasteiger partial charge in [0.25, 0.3) is 0 Å². The number of allylic oxidation sites excluding steroid dienone is 2. The molecule has 0 amide bonds. The second kappa shape index (κ2) is 9.41. The molecule has 2 aromatic carbocycles. The normalized spacial score (nSPS) is 20.2. The summed E-state index contributed by atoms with van der Waals surface area (Å²) < 4.78 is 1.59. The Morgan fingerprint density at radius 2 is 1.48 bits per heavy atom. The van der Waals surface area contributed by atoms with Crippen LogP contribution < -0.4 is 9.75 Å². The lowest BCUT2D eigenvalue weighted by molar-refractivity contribution is 0.569. The van der Waals surface area contributed by atoms with E-state index in [-0.39, 0.29) is 21.3 Å². The van der Waals surface area contributed by atoms with Crippen molar-refractivity contribution < 1.29 is 0 Å². The van der Waals surface area contributed by atoms with Crippen molar-refractivity contribution in [2.45, 2.75) is 91.5 Å². The van der Waals surface area contributed by atoms with E-state index in [2.05, 4.69) is 130 Å². The Bertz CT molecular complexity index is 1770. The number of hydrogen-bond acceptors (Lipinski definition) is 1. The minimum atomic E-state index is -1.02. The van der Waals surface area contributed by atoms with Gasteiger partial charge < -0.3 is 0 Å². The average Bonchev–Trinajstić information content (AvgIpc) is 3.55. The summed E-state index contributed by atoms with van der Waals surface area (Å²) in [5, 5.41) is 3.69. The van der Waals surface area contributed by atoms with Crippen LogP contribution in [0.2, 0.25) is 13.1 Å². The molecule has 0 radical (unpaired) electrons. The molecule has 1 aromatic heterocycles. The molecule has 40 heavy (non-hydrogen) atoms. The monoisotopic (exact) mass is 580 g/mol. The van der Waals surface area contributed by atoms with Crippen LogP contribution in [-0.2, 0) is 10.8 Å². The molecule has 3 aromatic rings. The van der Waals surface area contributed by atoms with Gasteiger partial charge in [-0.15, -0.1) is 21.8 Å². The molecule has 0 N–H and O–H groups in total. The number of aryl methyl sites for hydroxylation is 1. The molecule has 0 spiro atoms. The number of thiophene rings is 1. The Morgan fingerprint density at radius 3 is 2.08 bits per heavy atom. The molecule has 0 nitrogen and oxygen atoms in total. The number of hydrogen-bond donors (Lipinski definition) is 0. The van der Waals surface area contributed by atoms with Gasteiger partial charge in [-0.25, -0.2) is 0 Å². The first-order valence-electron chi connectivity index (χ1n) is 14.8. The standard InChI is InChI=1S/C37H44S2Si/c1-21-15-29-27(24-18-25(36(4,5)6)20-26(19-24)37(7,8)9)13-12-14-28(29)33(21)39-23(3)17-31-30-16-22(2)38-32(30)35(34(31)39)40(10)11/h12-20,33,40H,1-11H3. The molecule has 1 aliphatic heterocycles. The van der Waals surface area contributed by atoms with Crippen molar-refractivity contribution in [2.24, 2.45) is 0 Å². The SMILES string of the molecule is CC1=Cc2c(-c3cc(C(C)(C)C)cc(C(C)(C)C)c3)cccc2C1S1=C2C(=c3cc(C)sc3=C2[SiH](C)C)C=C1C. The molecule has 2 aliphatic carbocycles. The highest BCUT2D eigenvalue weighted by Crippen LogP contribution is 2.57. The maximum atomic E-state index is 2.55. The van der Waals surface area contributed by atoms with Crippen LogP contribution >= 0.6 is 21.8 Å². The zero-order valence-corrected chi connectivity index (χ0v) is 29.0. The molecule has 0 fully saturated rings. The summed E-state index contributed by atoms with van der Waals surface area (Å²) in [5.74, 6) is 0. The van der Waals surface area contributed by atoms with Crippen LogP contribution in [0.25, 0.3) is 28.0 Å². The van der Waals surface area contributed by atoms with Gasteiger partial charge in [0, 0.05) is 19.5 Å². The Kier molecular flexibility index (Phi) is 6.57. The predicted octanol–water partition coefficient (Wildman–Crippen LogP) is 9.18. The summed E-state index contributed by atoms with van der Waals surface area (Å²) in [6, 6.07) is 16.9. The Labute approximate surface area is 249 Å². The van der Waals surface area contributed by atoms with E-state index in [4.69, 9.17) is 0 Å². The van der Waals surface area contributed by atoms with Gasteiger partial charge >= 0.3 is 0 Å². The summed E-state index contributed by atoms with van der Waals surface area (Å²) >= 11 is 2.03. The highest BCUT2D eigenvalue weighted by atomic mass is 32.2. The van der Waals surface area contributed by atoms with E-state index in [9.17, 15) is 0 Å². The molecule has 208 valence electrons. The molecule has 0 bridgehead atoms. The molecule has 3 aliphatic rings. The molecule has 2 atom stereocenters. The van der Waals surface area contributed by atoms with E-state index in [0.717, 1.165) is 0 Å². The van der Waals surface area contributed by atoms with Crippen LogP contribution in [0.5, 0.6) is 0 Å². The lowest BCUT2D eigenvalue weighted by Gasteiger charge is -2.27. The van der Waals surface area contributed by atoms with Gasteiger partial charge in [-0.2, -0.15) is 0 Å². The van der Waals surface area contributed by atoms with E-state index in [1.807, 2.05) is 11.3 Å². The topological polar surface area (TPSA) is 0 Å². The second-order valence-corrected chi connectivity index (χ2v) is 20.7. The smallest absolute Gasteiger partial charge is 0.0681 e. The van der Waals surface area contributed by atoms with Crippen LogP contribution in [0.3, 0.4) is 0 Å². The zero-order chi connectivity index (χ0) is 28.9. The predicted molar refractivity (Wildman–Crippen MR) is 186 cm³/mol. The van der Waals surface area contributed by atoms with Crippen molar-refractivity contribution in [3.05, 3.63) is 95.9 Å². The summed E-state index contributed by atoms with van der Waals surface area (Å²) in [7, 11) is -0.947. The fourth-order valence-electron chi connectivity index (χ4n) is 6.66. The van der Waals surface area contributed by atoms with Gasteiger partial charge in [-0.05, 0) is 92.8 Å². The number of rotatable bonds is 3. The van der Waals surface area contributed by atoms with Crippen molar-refractivity contribution in [3.8, 4) is 11.1 Å². The lowest BCUT2D eigenvalue weighted by Crippen LogP contribution is -2.22. The van der Waals surface area contributed by atoms with E-state index < -0.39 is 8.80 Å². The quantitative estimate of drug-likeness (QED) is 0.214. The minimum Gasteiger partial charge on any atom is -0.141 e. The van der Waals surface area contributed by atoms with Crippen LogP contribution in [0, 0.1) is 6.92 Å². The molecule has 6 rings (SSSR count). The molecule has 0 saturated carbocycles. The zero-order valence-electron chi connectivity index (χ0n) is 26.2. The van der Waals surface area contributed by atoms with E-state index in [1.165, 1.54) is 49.0 Å². The number of fused-ring (bicyclic) bond motifs is 3. The third-order valence-electron chi connectivity index (χ3n) is 8.79. The summed E-state index contributed by atoms with van der Waals surface area (Å²) in [6.07, 6.45) is 5.07. The molecule has 0 saturated heterocycles. The van der Waals surface area contributed by atoms with Crippen LogP contribution in [0.15, 0.2) is 59.0 Å². The fourth-order valence-corrected chi connectivity index (χ4v) is 13.9. The maximum Gasteiger partial charge on any atom is 0.0681 e. The second-order valence-electron chi connectivity index (χ2n) is 14.4. The van der Waals surface area contributed by atoms with Gasteiger partial charge in [0.2, 0.25) is 0 Å². The first-order valence-corrected chi connectivity index (χ1v) is 19.8. The largest absolute Gasteiger partial charge is 0.141 e. The van der Waals surface area contributed by atoms with Crippen molar-refractivity contribution in [2.75, 3.05) is 0 Å². The van der Waals surface area contributed by atoms with E-state index in [1.54, 1.807) is 25.1 Å². The lowest BCUT2D eigenvalue weighted by atomic mass is 9.78. The van der Waals surface area contributed by atoms with Gasteiger partial charge in [0.05, 0.1) is 14.0 Å². The van der Waals surface area contributed by atoms with Gasteiger partial charge in [0.15, 0.2) is 0 Å². The number of benzene rings is 2. The first kappa shape index (κ1) is 27.9. The van der Waals surface area contributed by atoms with Crippen molar-refractivity contribution in [1.29, 1.82) is 0 Å². The summed E-state index contributed by atoms with van der Waals surface area (Å²) in [4.78, 5) is 4.70. The highest BCUT2D eigenvalue weighted by Gasteiger charge is 2.37. The van der Waals surface area contributed by atoms with Crippen LogP contribution in [-0.4, -0.2) is 13.7 Å². The van der Waals surface area contributed by atoms with Crippen LogP contribution in [0.1, 0.15) is 87.8 Å². The third kappa shape index (κ3) is 4.35. The fraction of sp³-hybridized carbons (Fsp3) is 0.378. The molecular weight excluding hydrogens is 537 g/mol.